The van der Waals surface area contributed by atoms with Gasteiger partial charge in [0.15, 0.2) is 23.3 Å². The topological polar surface area (TPSA) is 75.6 Å². The third-order valence-electron chi connectivity index (χ3n) is 5.68. The highest BCUT2D eigenvalue weighted by molar-refractivity contribution is 5.96. The maximum absolute atomic E-state index is 14.6. The Morgan fingerprint density at radius 2 is 1.59 bits per heavy atom. The van der Waals surface area contributed by atoms with Gasteiger partial charge in [0.05, 0.1) is 11.6 Å². The summed E-state index contributed by atoms with van der Waals surface area (Å²) in [7, 11) is 0. The lowest BCUT2D eigenvalue weighted by molar-refractivity contribution is -0.136. The number of benzene rings is 3. The average molecular weight is 518 g/mol. The van der Waals surface area contributed by atoms with Gasteiger partial charge in [-0.25, -0.2) is 17.6 Å². The van der Waals surface area contributed by atoms with Gasteiger partial charge in [-0.2, -0.15) is 0 Å². The largest absolute Gasteiger partial charge is 0.489 e. The van der Waals surface area contributed by atoms with Gasteiger partial charge in [0.25, 0.3) is 5.91 Å². The van der Waals surface area contributed by atoms with E-state index in [1.807, 2.05) is 6.07 Å². The zero-order chi connectivity index (χ0) is 27.1. The second-order valence-corrected chi connectivity index (χ2v) is 9.02. The first-order chi connectivity index (χ1) is 17.6. The van der Waals surface area contributed by atoms with E-state index in [9.17, 15) is 27.2 Å². The van der Waals surface area contributed by atoms with Crippen LogP contribution in [0, 0.1) is 29.2 Å². The summed E-state index contributed by atoms with van der Waals surface area (Å²) in [5, 5.41) is 11.6. The van der Waals surface area contributed by atoms with E-state index < -0.39 is 46.8 Å². The van der Waals surface area contributed by atoms with Crippen LogP contribution in [0.15, 0.2) is 54.6 Å². The molecule has 0 fully saturated rings. The third kappa shape index (κ3) is 7.31. The molecule has 1 amide bonds. The first-order valence-electron chi connectivity index (χ1n) is 11.7. The monoisotopic (exact) mass is 517 g/mol. The maximum atomic E-state index is 14.6. The van der Waals surface area contributed by atoms with Crippen molar-refractivity contribution in [3.8, 4) is 5.75 Å². The molecule has 1 atom stereocenters. The standard InChI is InChI=1S/C28H27F4NO4/c1-16(2)12-23(25-26(31)21(29)14-22(30)27(25)32)33-28(36)20-13-17(8-9-18(20)10-11-24(34)35)15-37-19-6-4-3-5-7-19/h3-9,13-14,16,23H,10-12,15H2,1-2H3,(H,33,36)(H,34,35). The van der Waals surface area contributed by atoms with Crippen LogP contribution >= 0.6 is 0 Å². The number of halogens is 4. The highest BCUT2D eigenvalue weighted by atomic mass is 19.2. The van der Waals surface area contributed by atoms with E-state index in [1.54, 1.807) is 50.2 Å². The Morgan fingerprint density at radius 1 is 0.946 bits per heavy atom. The van der Waals surface area contributed by atoms with Gasteiger partial charge in [0.2, 0.25) is 0 Å². The van der Waals surface area contributed by atoms with Crippen molar-refractivity contribution in [3.63, 3.8) is 0 Å². The number of para-hydroxylation sites is 1. The number of hydrogen-bond acceptors (Lipinski definition) is 3. The zero-order valence-corrected chi connectivity index (χ0v) is 20.4. The molecule has 0 heterocycles. The van der Waals surface area contributed by atoms with Gasteiger partial charge in [-0.05, 0) is 48.1 Å². The number of aliphatic carboxylic acids is 1. The zero-order valence-electron chi connectivity index (χ0n) is 20.4. The summed E-state index contributed by atoms with van der Waals surface area (Å²) in [5.41, 5.74) is 0.137. The van der Waals surface area contributed by atoms with Crippen molar-refractivity contribution >= 4 is 11.9 Å². The minimum atomic E-state index is -1.58. The van der Waals surface area contributed by atoms with E-state index in [4.69, 9.17) is 9.84 Å². The van der Waals surface area contributed by atoms with E-state index in [-0.39, 0.29) is 43.4 Å². The van der Waals surface area contributed by atoms with Crippen molar-refractivity contribution in [2.45, 2.75) is 45.8 Å². The Hall–Kier alpha value is -3.88. The highest BCUT2D eigenvalue weighted by Gasteiger charge is 2.29. The maximum Gasteiger partial charge on any atom is 0.303 e. The molecule has 0 radical (unpaired) electrons. The number of amides is 1. The van der Waals surface area contributed by atoms with Crippen molar-refractivity contribution in [1.29, 1.82) is 0 Å². The van der Waals surface area contributed by atoms with Gasteiger partial charge in [-0.15, -0.1) is 0 Å². The lowest BCUT2D eigenvalue weighted by atomic mass is 9.94. The molecule has 37 heavy (non-hydrogen) atoms. The van der Waals surface area contributed by atoms with Crippen LogP contribution in [0.2, 0.25) is 0 Å². The Labute approximate surface area is 212 Å². The van der Waals surface area contributed by atoms with Gasteiger partial charge in [-0.3, -0.25) is 9.59 Å². The van der Waals surface area contributed by atoms with E-state index in [2.05, 4.69) is 5.32 Å². The summed E-state index contributed by atoms with van der Waals surface area (Å²) in [6.07, 6.45) is -0.248. The Balaban J connectivity index is 1.95. The van der Waals surface area contributed by atoms with Gasteiger partial charge in [-0.1, -0.05) is 44.2 Å². The minimum Gasteiger partial charge on any atom is -0.489 e. The molecule has 3 aromatic rings. The summed E-state index contributed by atoms with van der Waals surface area (Å²) in [5.74, 6) is -7.75. The lowest BCUT2D eigenvalue weighted by Gasteiger charge is -2.23. The molecule has 0 aromatic heterocycles. The van der Waals surface area contributed by atoms with Crippen molar-refractivity contribution in [3.05, 3.63) is 100 Å². The molecule has 5 nitrogen and oxygen atoms in total. The van der Waals surface area contributed by atoms with Crippen molar-refractivity contribution in [2.75, 3.05) is 0 Å². The van der Waals surface area contributed by atoms with Crippen LogP contribution in [0.4, 0.5) is 17.6 Å². The number of rotatable bonds is 11. The molecule has 0 spiro atoms. The number of ether oxygens (including phenoxy) is 1. The quantitative estimate of drug-likeness (QED) is 0.229. The first-order valence-corrected chi connectivity index (χ1v) is 11.7. The molecule has 9 heteroatoms. The third-order valence-corrected chi connectivity index (χ3v) is 5.68. The SMILES string of the molecule is CC(C)CC(NC(=O)c1cc(COc2ccccc2)ccc1CCC(=O)O)c1c(F)c(F)cc(F)c1F. The van der Waals surface area contributed by atoms with Crippen LogP contribution in [0.3, 0.4) is 0 Å². The second-order valence-electron chi connectivity index (χ2n) is 9.02. The molecular weight excluding hydrogens is 490 g/mol. The van der Waals surface area contributed by atoms with E-state index in [0.717, 1.165) is 0 Å². The predicted molar refractivity (Wildman–Crippen MR) is 129 cm³/mol. The van der Waals surface area contributed by atoms with Crippen LogP contribution in [0.25, 0.3) is 0 Å². The molecule has 2 N–H and O–H groups in total. The van der Waals surface area contributed by atoms with Crippen LogP contribution in [-0.2, 0) is 17.8 Å². The summed E-state index contributed by atoms with van der Waals surface area (Å²) in [6, 6.07) is 12.4. The fraction of sp³-hybridized carbons (Fsp3) is 0.286. The Bertz CT molecular complexity index is 1240. The van der Waals surface area contributed by atoms with Gasteiger partial charge in [0.1, 0.15) is 12.4 Å². The lowest BCUT2D eigenvalue weighted by Crippen LogP contribution is -2.32. The normalized spacial score (nSPS) is 11.9. The predicted octanol–water partition coefficient (Wildman–Crippen LogP) is 6.36. The fourth-order valence-electron chi connectivity index (χ4n) is 3.92. The number of carbonyl (C=O) groups excluding carboxylic acids is 1. The number of carboxylic acids is 1. The summed E-state index contributed by atoms with van der Waals surface area (Å²) >= 11 is 0. The molecule has 0 bridgehead atoms. The van der Waals surface area contributed by atoms with Gasteiger partial charge >= 0.3 is 5.97 Å². The van der Waals surface area contributed by atoms with Crippen molar-refractivity contribution < 1.29 is 37.0 Å². The molecule has 1 unspecified atom stereocenters. The molecule has 0 aliphatic carbocycles. The Morgan fingerprint density at radius 3 is 2.19 bits per heavy atom. The number of hydrogen-bond donors (Lipinski definition) is 2. The smallest absolute Gasteiger partial charge is 0.303 e. The first kappa shape index (κ1) is 27.7. The van der Waals surface area contributed by atoms with Crippen LogP contribution < -0.4 is 10.1 Å². The minimum absolute atomic E-state index is 0.0102. The van der Waals surface area contributed by atoms with E-state index >= 15 is 0 Å². The van der Waals surface area contributed by atoms with E-state index in [0.29, 0.717) is 16.9 Å². The summed E-state index contributed by atoms with van der Waals surface area (Å²) < 4.78 is 62.8. The number of carboxylic acid groups (broad SMARTS) is 1. The van der Waals surface area contributed by atoms with Gasteiger partial charge in [0, 0.05) is 18.1 Å². The highest BCUT2D eigenvalue weighted by Crippen LogP contribution is 2.30. The molecule has 3 rings (SSSR count). The molecule has 0 saturated heterocycles. The average Bonchev–Trinajstić information content (AvgIpc) is 2.85. The van der Waals surface area contributed by atoms with Crippen molar-refractivity contribution in [1.82, 2.24) is 5.32 Å². The summed E-state index contributed by atoms with van der Waals surface area (Å²) in [6.45, 7) is 3.55. The number of nitrogens with one attached hydrogen (secondary N) is 1. The molecular formula is C28H27F4NO4. The van der Waals surface area contributed by atoms with Gasteiger partial charge < -0.3 is 15.2 Å². The molecule has 0 saturated carbocycles. The summed E-state index contributed by atoms with van der Waals surface area (Å²) in [4.78, 5) is 24.5. The Kier molecular flexibility index (Phi) is 9.27. The number of aryl methyl sites for hydroxylation is 1. The van der Waals surface area contributed by atoms with Crippen LogP contribution in [-0.4, -0.2) is 17.0 Å². The molecule has 196 valence electrons. The number of carbonyl (C=O) groups is 2. The van der Waals surface area contributed by atoms with E-state index in [1.165, 1.54) is 6.07 Å². The molecule has 3 aromatic carbocycles. The molecule has 0 aliphatic heterocycles. The van der Waals surface area contributed by atoms with Crippen LogP contribution in [0.1, 0.15) is 59.8 Å². The van der Waals surface area contributed by atoms with Crippen LogP contribution in [0.5, 0.6) is 5.75 Å². The van der Waals surface area contributed by atoms with Crippen molar-refractivity contribution in [2.24, 2.45) is 5.92 Å². The fourth-order valence-corrected chi connectivity index (χ4v) is 3.92. The molecule has 0 aliphatic rings. The second kappa shape index (κ2) is 12.4.